The maximum absolute atomic E-state index is 11.7. The molecule has 0 fully saturated rings. The van der Waals surface area contributed by atoms with Crippen LogP contribution in [-0.2, 0) is 4.79 Å². The van der Waals surface area contributed by atoms with E-state index in [1.54, 1.807) is 25.1 Å². The van der Waals surface area contributed by atoms with E-state index in [1.165, 1.54) is 12.0 Å². The van der Waals surface area contributed by atoms with E-state index in [1.807, 2.05) is 0 Å². The summed E-state index contributed by atoms with van der Waals surface area (Å²) in [4.78, 5) is 24.7. The lowest BCUT2D eigenvalue weighted by Gasteiger charge is -2.18. The molecule has 1 aliphatic heterocycles. The summed E-state index contributed by atoms with van der Waals surface area (Å²) in [6.45, 7) is 1.67. The molecule has 5 heteroatoms. The summed E-state index contributed by atoms with van der Waals surface area (Å²) in [5.74, 6) is -0.570. The minimum atomic E-state index is -0.691. The van der Waals surface area contributed by atoms with Crippen LogP contribution in [-0.4, -0.2) is 36.6 Å². The Kier molecular flexibility index (Phi) is 2.85. The number of amides is 1. The van der Waals surface area contributed by atoms with Crippen LogP contribution in [0.4, 0.5) is 5.69 Å². The zero-order valence-electron chi connectivity index (χ0n) is 9.64. The van der Waals surface area contributed by atoms with Crippen molar-refractivity contribution >= 4 is 17.4 Å². The largest absolute Gasteiger partial charge is 0.497 e. The summed E-state index contributed by atoms with van der Waals surface area (Å²) in [7, 11) is 1.51. The third-order valence-corrected chi connectivity index (χ3v) is 2.63. The predicted octanol–water partition coefficient (Wildman–Crippen LogP) is 0.605. The molecule has 0 aromatic heterocycles. The van der Waals surface area contributed by atoms with Crippen LogP contribution in [0.25, 0.3) is 0 Å². The monoisotopic (exact) mass is 235 g/mol. The van der Waals surface area contributed by atoms with Crippen LogP contribution in [0.1, 0.15) is 17.3 Å². The number of hydrogen-bond donors (Lipinski definition) is 1. The number of ether oxygens (including phenoxy) is 1. The molecule has 17 heavy (non-hydrogen) atoms. The summed E-state index contributed by atoms with van der Waals surface area (Å²) in [5.41, 5.74) is 0.858. The third kappa shape index (κ3) is 1.89. The fourth-order valence-corrected chi connectivity index (χ4v) is 1.85. The molecule has 1 heterocycles. The number of aliphatic hydroxyl groups excluding tert-OH is 1. The second kappa shape index (κ2) is 4.18. The normalized spacial score (nSPS) is 16.1. The lowest BCUT2D eigenvalue weighted by Crippen LogP contribution is -2.35. The van der Waals surface area contributed by atoms with Gasteiger partial charge in [0.05, 0.1) is 31.0 Å². The maximum atomic E-state index is 11.7. The molecule has 1 aromatic carbocycles. The van der Waals surface area contributed by atoms with Gasteiger partial charge in [-0.3, -0.25) is 9.59 Å². The number of methoxy groups -OCH3 is 1. The van der Waals surface area contributed by atoms with Crippen LogP contribution < -0.4 is 9.64 Å². The molecule has 0 bridgehead atoms. The molecule has 90 valence electrons. The predicted molar refractivity (Wildman–Crippen MR) is 61.4 cm³/mol. The molecular formula is C12H13NO4. The number of ketones is 1. The average Bonchev–Trinajstić information content (AvgIpc) is 2.53. The average molecular weight is 235 g/mol. The molecule has 1 N–H and O–H groups in total. The van der Waals surface area contributed by atoms with Crippen molar-refractivity contribution in [2.45, 2.75) is 13.0 Å². The molecular weight excluding hydrogens is 222 g/mol. The number of rotatable bonds is 3. The first-order chi connectivity index (χ1) is 8.04. The van der Waals surface area contributed by atoms with Gasteiger partial charge in [-0.05, 0) is 19.1 Å². The Hall–Kier alpha value is -1.88. The van der Waals surface area contributed by atoms with Crippen molar-refractivity contribution in [3.8, 4) is 5.75 Å². The van der Waals surface area contributed by atoms with E-state index >= 15 is 0 Å². The highest BCUT2D eigenvalue weighted by Crippen LogP contribution is 2.32. The first-order valence-corrected chi connectivity index (χ1v) is 5.27. The van der Waals surface area contributed by atoms with Crippen molar-refractivity contribution in [2.75, 3.05) is 18.6 Å². The van der Waals surface area contributed by atoms with Crippen LogP contribution in [0.5, 0.6) is 5.75 Å². The summed E-state index contributed by atoms with van der Waals surface area (Å²) in [6, 6.07) is 4.83. The Morgan fingerprint density at radius 2 is 2.12 bits per heavy atom. The second-order valence-electron chi connectivity index (χ2n) is 3.98. The number of nitrogens with zero attached hydrogens (tertiary/aromatic N) is 1. The molecule has 0 radical (unpaired) electrons. The minimum absolute atomic E-state index is 0.102. The zero-order chi connectivity index (χ0) is 12.6. The third-order valence-electron chi connectivity index (χ3n) is 2.63. The summed E-state index contributed by atoms with van der Waals surface area (Å²) < 4.78 is 5.05. The molecule has 1 atom stereocenters. The van der Waals surface area contributed by atoms with Crippen LogP contribution in [0.15, 0.2) is 18.2 Å². The summed E-state index contributed by atoms with van der Waals surface area (Å²) in [6.07, 6.45) is -0.691. The van der Waals surface area contributed by atoms with Gasteiger partial charge < -0.3 is 14.7 Å². The van der Waals surface area contributed by atoms with E-state index < -0.39 is 17.8 Å². The van der Waals surface area contributed by atoms with E-state index in [4.69, 9.17) is 4.74 Å². The Bertz CT molecular complexity index is 481. The van der Waals surface area contributed by atoms with Crippen molar-refractivity contribution in [2.24, 2.45) is 0 Å². The smallest absolute Gasteiger partial charge is 0.299 e. The maximum Gasteiger partial charge on any atom is 0.299 e. The molecule has 1 aromatic rings. The number of benzene rings is 1. The SMILES string of the molecule is COc1ccc2c(c1)N(CC(C)O)C(=O)C2=O. The topological polar surface area (TPSA) is 66.8 Å². The first kappa shape index (κ1) is 11.6. The number of carbonyl (C=O) groups excluding carboxylic acids is 2. The Morgan fingerprint density at radius 3 is 2.71 bits per heavy atom. The Morgan fingerprint density at radius 1 is 1.41 bits per heavy atom. The zero-order valence-corrected chi connectivity index (χ0v) is 9.64. The quantitative estimate of drug-likeness (QED) is 0.779. The van der Waals surface area contributed by atoms with E-state index in [0.29, 0.717) is 17.0 Å². The highest BCUT2D eigenvalue weighted by atomic mass is 16.5. The summed E-state index contributed by atoms with van der Waals surface area (Å²) in [5, 5.41) is 9.33. The van der Waals surface area contributed by atoms with Crippen LogP contribution >= 0.6 is 0 Å². The van der Waals surface area contributed by atoms with Gasteiger partial charge in [-0.15, -0.1) is 0 Å². The molecule has 0 saturated heterocycles. The molecule has 0 saturated carbocycles. The molecule has 1 aliphatic rings. The molecule has 1 unspecified atom stereocenters. The lowest BCUT2D eigenvalue weighted by atomic mass is 10.1. The number of carbonyl (C=O) groups is 2. The number of fused-ring (bicyclic) bond motifs is 1. The number of aliphatic hydroxyl groups is 1. The van der Waals surface area contributed by atoms with Crippen LogP contribution in [0, 0.1) is 0 Å². The van der Waals surface area contributed by atoms with Crippen molar-refractivity contribution in [1.29, 1.82) is 0 Å². The van der Waals surface area contributed by atoms with Gasteiger partial charge in [0, 0.05) is 6.07 Å². The van der Waals surface area contributed by atoms with Gasteiger partial charge in [0.2, 0.25) is 0 Å². The van der Waals surface area contributed by atoms with Crippen molar-refractivity contribution in [3.63, 3.8) is 0 Å². The number of β-amino-alcohol motifs (C(OH)–C–C–N with tert-alkyl or cyclic N) is 1. The molecule has 0 spiro atoms. The van der Waals surface area contributed by atoms with Crippen molar-refractivity contribution in [1.82, 2.24) is 0 Å². The van der Waals surface area contributed by atoms with E-state index in [-0.39, 0.29) is 6.54 Å². The molecule has 0 aliphatic carbocycles. The van der Waals surface area contributed by atoms with Gasteiger partial charge >= 0.3 is 0 Å². The Balaban J connectivity index is 2.45. The van der Waals surface area contributed by atoms with Crippen LogP contribution in [0.3, 0.4) is 0 Å². The highest BCUT2D eigenvalue weighted by Gasteiger charge is 2.36. The van der Waals surface area contributed by atoms with Gasteiger partial charge in [0.1, 0.15) is 5.75 Å². The van der Waals surface area contributed by atoms with Gasteiger partial charge in [0.25, 0.3) is 11.7 Å². The van der Waals surface area contributed by atoms with Crippen LogP contribution in [0.2, 0.25) is 0 Å². The Labute approximate surface area is 98.6 Å². The number of anilines is 1. The molecule has 2 rings (SSSR count). The van der Waals surface area contributed by atoms with Gasteiger partial charge in [-0.1, -0.05) is 0 Å². The molecule has 1 amide bonds. The highest BCUT2D eigenvalue weighted by molar-refractivity contribution is 6.52. The number of Topliss-reactive ketones (excluding diaryl/α,β-unsaturated/α-hetero) is 1. The summed E-state index contributed by atoms with van der Waals surface area (Å²) >= 11 is 0. The van der Waals surface area contributed by atoms with Gasteiger partial charge in [-0.2, -0.15) is 0 Å². The van der Waals surface area contributed by atoms with E-state index in [2.05, 4.69) is 0 Å². The number of hydrogen-bond acceptors (Lipinski definition) is 4. The lowest BCUT2D eigenvalue weighted by molar-refractivity contribution is -0.114. The van der Waals surface area contributed by atoms with Crippen molar-refractivity contribution < 1.29 is 19.4 Å². The van der Waals surface area contributed by atoms with Crippen molar-refractivity contribution in [3.05, 3.63) is 23.8 Å². The fourth-order valence-electron chi connectivity index (χ4n) is 1.85. The van der Waals surface area contributed by atoms with Gasteiger partial charge in [-0.25, -0.2) is 0 Å². The minimum Gasteiger partial charge on any atom is -0.497 e. The van der Waals surface area contributed by atoms with E-state index in [0.717, 1.165) is 0 Å². The van der Waals surface area contributed by atoms with Gasteiger partial charge in [0.15, 0.2) is 0 Å². The second-order valence-corrected chi connectivity index (χ2v) is 3.98. The van der Waals surface area contributed by atoms with E-state index in [9.17, 15) is 14.7 Å². The fraction of sp³-hybridized carbons (Fsp3) is 0.333. The first-order valence-electron chi connectivity index (χ1n) is 5.27. The standard InChI is InChI=1S/C12H13NO4/c1-7(14)6-13-10-5-8(17-2)3-4-9(10)11(15)12(13)16/h3-5,7,14H,6H2,1-2H3. The molecule has 5 nitrogen and oxygen atoms in total.